The topological polar surface area (TPSA) is 34.1 Å². The van der Waals surface area contributed by atoms with Gasteiger partial charge in [0.1, 0.15) is 19.3 Å². The molecule has 0 aromatic rings. The van der Waals surface area contributed by atoms with Gasteiger partial charge < -0.3 is 4.79 Å². The lowest BCUT2D eigenvalue weighted by Crippen LogP contribution is -2.50. The summed E-state index contributed by atoms with van der Waals surface area (Å²) in [6, 6.07) is 0. The molecular formula is C28H54B6O2. The van der Waals surface area contributed by atoms with Crippen LogP contribution in [0, 0.1) is 28.6 Å². The third-order valence-electron chi connectivity index (χ3n) is 9.27. The maximum absolute atomic E-state index is 13.9. The largest absolute Gasteiger partial charge is 0.303 e. The SMILES string of the molecule is [B][B]B(C)C(C(C)(C)C=O)C(C)(C)C(=O)C(C)C(C)C(C)B([B])C(C)CCC(C)[B]CCCC(C)C. The molecule has 0 aliphatic rings. The van der Waals surface area contributed by atoms with E-state index in [1.165, 1.54) is 19.2 Å². The van der Waals surface area contributed by atoms with Crippen LogP contribution < -0.4 is 0 Å². The fraction of sp³-hybridized carbons (Fsp3) is 0.929. The molecule has 196 valence electrons. The monoisotopic (exact) mass is 488 g/mol. The van der Waals surface area contributed by atoms with Crippen LogP contribution in [0.15, 0.2) is 0 Å². The Bertz CT molecular complexity index is 654. The van der Waals surface area contributed by atoms with Crippen LogP contribution in [-0.4, -0.2) is 55.1 Å². The number of Topliss-reactive ketones (excluding diaryl/α,β-unsaturated/α-hetero) is 1. The van der Waals surface area contributed by atoms with E-state index in [9.17, 15) is 9.59 Å². The lowest BCUT2D eigenvalue weighted by Gasteiger charge is -2.46. The molecule has 0 N–H and O–H groups in total. The highest BCUT2D eigenvalue weighted by Gasteiger charge is 2.49. The fourth-order valence-electron chi connectivity index (χ4n) is 6.52. The van der Waals surface area contributed by atoms with Gasteiger partial charge in [-0.25, -0.2) is 0 Å². The molecule has 0 aliphatic carbocycles. The molecular weight excluding hydrogens is 433 g/mol. The van der Waals surface area contributed by atoms with Crippen LogP contribution in [-0.2, 0) is 9.59 Å². The maximum Gasteiger partial charge on any atom is 0.141 e. The average molecular weight is 488 g/mol. The highest BCUT2D eigenvalue weighted by Crippen LogP contribution is 2.49. The van der Waals surface area contributed by atoms with Crippen molar-refractivity contribution < 1.29 is 9.59 Å². The van der Waals surface area contributed by atoms with Crippen molar-refractivity contribution in [3.63, 3.8) is 0 Å². The van der Waals surface area contributed by atoms with Gasteiger partial charge in [-0.05, 0) is 17.7 Å². The van der Waals surface area contributed by atoms with Crippen molar-refractivity contribution in [3.8, 4) is 0 Å². The average Bonchev–Trinajstić information content (AvgIpc) is 2.81. The fourth-order valence-corrected chi connectivity index (χ4v) is 6.52. The highest BCUT2D eigenvalue weighted by atomic mass is 16.1. The van der Waals surface area contributed by atoms with Crippen LogP contribution >= 0.6 is 0 Å². The van der Waals surface area contributed by atoms with Crippen LogP contribution in [0.1, 0.15) is 102 Å². The van der Waals surface area contributed by atoms with E-state index in [1.54, 1.807) is 7.06 Å². The minimum Gasteiger partial charge on any atom is -0.303 e. The maximum atomic E-state index is 13.9. The molecule has 6 unspecified atom stereocenters. The van der Waals surface area contributed by atoms with Gasteiger partial charge in [-0.2, -0.15) is 0 Å². The minimum atomic E-state index is -0.691. The van der Waals surface area contributed by atoms with Crippen LogP contribution in [0.4, 0.5) is 0 Å². The van der Waals surface area contributed by atoms with Gasteiger partial charge in [-0.1, -0.05) is 132 Å². The quantitative estimate of drug-likeness (QED) is 0.112. The van der Waals surface area contributed by atoms with Crippen LogP contribution in [0.2, 0.25) is 36.4 Å². The van der Waals surface area contributed by atoms with Crippen LogP contribution in [0.5, 0.6) is 0 Å². The molecule has 0 aliphatic heterocycles. The zero-order chi connectivity index (χ0) is 28.4. The molecule has 0 aromatic heterocycles. The summed E-state index contributed by atoms with van der Waals surface area (Å²) in [4.78, 5) is 25.9. The van der Waals surface area contributed by atoms with E-state index < -0.39 is 10.8 Å². The molecule has 0 aromatic carbocycles. The summed E-state index contributed by atoms with van der Waals surface area (Å²) in [7, 11) is 16.8. The summed E-state index contributed by atoms with van der Waals surface area (Å²) in [5.41, 5.74) is -1.35. The van der Waals surface area contributed by atoms with Gasteiger partial charge in [0, 0.05) is 39.3 Å². The Morgan fingerprint density at radius 3 is 2.00 bits per heavy atom. The Morgan fingerprint density at radius 2 is 1.53 bits per heavy atom. The summed E-state index contributed by atoms with van der Waals surface area (Å²) < 4.78 is 0. The van der Waals surface area contributed by atoms with Crippen molar-refractivity contribution in [1.29, 1.82) is 0 Å². The number of hydrogen-bond donors (Lipinski definition) is 0. The van der Waals surface area contributed by atoms with Crippen molar-refractivity contribution in [2.45, 2.75) is 138 Å². The standard InChI is InChI=1S/C28H54B6O2/c1-19(2)14-13-17-31-20(3)15-16-21(4)34(30)24(7)22(5)23(6)25(36)28(10,11)26(33(12)32-29)27(8,9)18-35/h18-24,26H,13-17H2,1-12H3. The summed E-state index contributed by atoms with van der Waals surface area (Å²) >= 11 is 0. The lowest BCUT2D eigenvalue weighted by atomic mass is 9.08. The Morgan fingerprint density at radius 1 is 0.972 bits per heavy atom. The highest BCUT2D eigenvalue weighted by molar-refractivity contribution is 7.31. The van der Waals surface area contributed by atoms with E-state index in [1.807, 2.05) is 41.4 Å². The molecule has 2 nitrogen and oxygen atoms in total. The third-order valence-corrected chi connectivity index (χ3v) is 9.27. The molecule has 0 bridgehead atoms. The second-order valence-corrected chi connectivity index (χ2v) is 13.7. The summed E-state index contributed by atoms with van der Waals surface area (Å²) in [6.45, 7) is 25.3. The normalized spacial score (nSPS) is 17.5. The molecule has 6 atom stereocenters. The second-order valence-electron chi connectivity index (χ2n) is 13.7. The summed E-state index contributed by atoms with van der Waals surface area (Å²) in [5.74, 6) is 2.01. The second kappa shape index (κ2) is 16.0. The van der Waals surface area contributed by atoms with Crippen molar-refractivity contribution in [2.24, 2.45) is 28.6 Å². The van der Waals surface area contributed by atoms with E-state index in [0.717, 1.165) is 25.0 Å². The molecule has 0 heterocycles. The van der Waals surface area contributed by atoms with E-state index in [-0.39, 0.29) is 42.5 Å². The van der Waals surface area contributed by atoms with E-state index >= 15 is 0 Å². The molecule has 8 heteroatoms. The number of hydrogen-bond acceptors (Lipinski definition) is 2. The van der Waals surface area contributed by atoms with Gasteiger partial charge in [-0.15, -0.1) is 0 Å². The first-order valence-electron chi connectivity index (χ1n) is 14.6. The first kappa shape index (κ1) is 35.7. The van der Waals surface area contributed by atoms with Crippen LogP contribution in [0.25, 0.3) is 0 Å². The van der Waals surface area contributed by atoms with Gasteiger partial charge in [0.2, 0.25) is 0 Å². The Hall–Kier alpha value is -0.270. The number of carbonyl (C=O) groups excluding carboxylic acids is 2. The van der Waals surface area contributed by atoms with Gasteiger partial charge in [0.15, 0.2) is 0 Å². The molecule has 6 radical (unpaired) electrons. The predicted octanol–water partition coefficient (Wildman–Crippen LogP) is 6.95. The number of ketones is 1. The molecule has 0 saturated heterocycles. The van der Waals surface area contributed by atoms with Crippen molar-refractivity contribution in [2.75, 3.05) is 0 Å². The Balaban J connectivity index is 5.20. The molecule has 36 heavy (non-hydrogen) atoms. The number of carbonyl (C=O) groups is 2. The first-order chi connectivity index (χ1) is 16.4. The van der Waals surface area contributed by atoms with Gasteiger partial charge >= 0.3 is 0 Å². The lowest BCUT2D eigenvalue weighted by molar-refractivity contribution is -0.134. The first-order valence-corrected chi connectivity index (χ1v) is 14.6. The molecule has 0 rings (SSSR count). The van der Waals surface area contributed by atoms with E-state index in [4.69, 9.17) is 15.5 Å². The zero-order valence-corrected chi connectivity index (χ0v) is 25.9. The van der Waals surface area contributed by atoms with Gasteiger partial charge in [-0.3, -0.25) is 4.79 Å². The van der Waals surface area contributed by atoms with Crippen molar-refractivity contribution in [3.05, 3.63) is 0 Å². The summed E-state index contributed by atoms with van der Waals surface area (Å²) in [6.07, 6.45) is 7.02. The van der Waals surface area contributed by atoms with E-state index in [2.05, 4.69) is 48.8 Å². The number of rotatable bonds is 19. The Labute approximate surface area is 231 Å². The van der Waals surface area contributed by atoms with Gasteiger partial charge in [0.05, 0.1) is 13.2 Å². The minimum absolute atomic E-state index is 0.0463. The predicted molar refractivity (Wildman–Crippen MR) is 167 cm³/mol. The van der Waals surface area contributed by atoms with Crippen molar-refractivity contribution in [1.82, 2.24) is 0 Å². The molecule has 0 saturated carbocycles. The van der Waals surface area contributed by atoms with Crippen LogP contribution in [0.3, 0.4) is 0 Å². The Kier molecular flexibility index (Phi) is 15.9. The van der Waals surface area contributed by atoms with Crippen molar-refractivity contribution >= 4 is 55.1 Å². The molecule has 0 spiro atoms. The van der Waals surface area contributed by atoms with E-state index in [0.29, 0.717) is 11.6 Å². The molecule has 0 fully saturated rings. The number of aldehydes is 1. The smallest absolute Gasteiger partial charge is 0.141 e. The van der Waals surface area contributed by atoms with Gasteiger partial charge in [0.25, 0.3) is 0 Å². The molecule has 0 amide bonds. The summed E-state index contributed by atoms with van der Waals surface area (Å²) in [5, 5.41) is 0. The zero-order valence-electron chi connectivity index (χ0n) is 25.9. The third kappa shape index (κ3) is 10.5.